The van der Waals surface area contributed by atoms with Crippen LogP contribution in [0.5, 0.6) is 0 Å². The van der Waals surface area contributed by atoms with Crippen molar-refractivity contribution in [1.29, 1.82) is 0 Å². The van der Waals surface area contributed by atoms with Crippen LogP contribution in [0.15, 0.2) is 47.1 Å². The van der Waals surface area contributed by atoms with Gasteiger partial charge in [0.15, 0.2) is 0 Å². The van der Waals surface area contributed by atoms with Gasteiger partial charge in [0.1, 0.15) is 11.6 Å². The summed E-state index contributed by atoms with van der Waals surface area (Å²) in [6.07, 6.45) is 4.52. The first-order chi connectivity index (χ1) is 14.2. The number of hydrogen-bond acceptors (Lipinski definition) is 4. The van der Waals surface area contributed by atoms with Crippen LogP contribution >= 0.6 is 0 Å². The van der Waals surface area contributed by atoms with Crippen LogP contribution in [0, 0.1) is 11.7 Å². The first kappa shape index (κ1) is 20.1. The van der Waals surface area contributed by atoms with Gasteiger partial charge in [0.25, 0.3) is 0 Å². The Kier molecular flexibility index (Phi) is 6.62. The van der Waals surface area contributed by atoms with Gasteiger partial charge in [-0.3, -0.25) is 14.6 Å². The summed E-state index contributed by atoms with van der Waals surface area (Å²) in [6.45, 7) is 6.83. The van der Waals surface area contributed by atoms with E-state index in [1.807, 2.05) is 18.2 Å². The van der Waals surface area contributed by atoms with E-state index in [2.05, 4.69) is 14.7 Å². The van der Waals surface area contributed by atoms with Gasteiger partial charge in [-0.05, 0) is 62.2 Å². The van der Waals surface area contributed by atoms with Crippen molar-refractivity contribution in [1.82, 2.24) is 14.7 Å². The van der Waals surface area contributed by atoms with Gasteiger partial charge in [-0.25, -0.2) is 4.39 Å². The molecule has 6 heteroatoms. The normalized spacial score (nSPS) is 20.0. The average molecular weight is 400 g/mol. The molecule has 0 spiro atoms. The monoisotopic (exact) mass is 399 g/mol. The Balaban J connectivity index is 1.24. The van der Waals surface area contributed by atoms with Gasteiger partial charge in [-0.15, -0.1) is 0 Å². The molecule has 2 saturated heterocycles. The summed E-state index contributed by atoms with van der Waals surface area (Å²) >= 11 is 0. The van der Waals surface area contributed by atoms with Crippen LogP contribution in [0.1, 0.15) is 30.6 Å². The fourth-order valence-corrected chi connectivity index (χ4v) is 4.46. The lowest BCUT2D eigenvalue weighted by Crippen LogP contribution is -2.43. The second-order valence-corrected chi connectivity index (χ2v) is 8.21. The van der Waals surface area contributed by atoms with E-state index in [9.17, 15) is 9.18 Å². The number of hydrogen-bond donors (Lipinski definition) is 0. The number of carbonyl (C=O) groups is 1. The number of piperidine rings is 1. The third kappa shape index (κ3) is 5.46. The standard InChI is InChI=1S/C23H30FN3O2/c24-21-5-1-4-19(16-21)17-25-9-3-10-27(14-13-25)23(28)20-7-11-26(12-8-20)18-22-6-2-15-29-22/h1-2,4-6,15-16,20H,3,7-14,17-18H2. The molecule has 29 heavy (non-hydrogen) atoms. The van der Waals surface area contributed by atoms with E-state index in [1.165, 1.54) is 6.07 Å². The highest BCUT2D eigenvalue weighted by Gasteiger charge is 2.29. The molecule has 2 fully saturated rings. The Morgan fingerprint density at radius 1 is 0.966 bits per heavy atom. The fraction of sp³-hybridized carbons (Fsp3) is 0.522. The summed E-state index contributed by atoms with van der Waals surface area (Å²) in [6, 6.07) is 10.7. The minimum absolute atomic E-state index is 0.137. The van der Waals surface area contributed by atoms with Gasteiger partial charge in [-0.2, -0.15) is 0 Å². The van der Waals surface area contributed by atoms with Gasteiger partial charge >= 0.3 is 0 Å². The largest absolute Gasteiger partial charge is 0.468 e. The van der Waals surface area contributed by atoms with Crippen molar-refractivity contribution in [2.75, 3.05) is 39.3 Å². The fourth-order valence-electron chi connectivity index (χ4n) is 4.46. The SMILES string of the molecule is O=C(C1CCN(Cc2ccco2)CC1)N1CCCN(Cc2cccc(F)c2)CC1. The zero-order valence-corrected chi connectivity index (χ0v) is 16.9. The van der Waals surface area contributed by atoms with Crippen LogP contribution in [-0.2, 0) is 17.9 Å². The third-order valence-electron chi connectivity index (χ3n) is 6.09. The summed E-state index contributed by atoms with van der Waals surface area (Å²) in [5.41, 5.74) is 0.994. The van der Waals surface area contributed by atoms with E-state index in [0.717, 1.165) is 82.9 Å². The van der Waals surface area contributed by atoms with Crippen molar-refractivity contribution in [3.63, 3.8) is 0 Å². The zero-order chi connectivity index (χ0) is 20.1. The highest BCUT2D eigenvalue weighted by molar-refractivity contribution is 5.79. The first-order valence-electron chi connectivity index (χ1n) is 10.7. The molecule has 0 atom stereocenters. The topological polar surface area (TPSA) is 39.9 Å². The minimum atomic E-state index is -0.187. The van der Waals surface area contributed by atoms with E-state index in [4.69, 9.17) is 4.42 Å². The average Bonchev–Trinajstić information content (AvgIpc) is 3.12. The molecule has 1 amide bonds. The van der Waals surface area contributed by atoms with Crippen LogP contribution in [0.4, 0.5) is 4.39 Å². The van der Waals surface area contributed by atoms with Crippen LogP contribution in [0.25, 0.3) is 0 Å². The first-order valence-corrected chi connectivity index (χ1v) is 10.7. The smallest absolute Gasteiger partial charge is 0.225 e. The Morgan fingerprint density at radius 3 is 2.55 bits per heavy atom. The minimum Gasteiger partial charge on any atom is -0.468 e. The molecule has 0 radical (unpaired) electrons. The van der Waals surface area contributed by atoms with Gasteiger partial charge in [0.05, 0.1) is 12.8 Å². The van der Waals surface area contributed by atoms with Crippen LogP contribution < -0.4 is 0 Å². The van der Waals surface area contributed by atoms with Crippen LogP contribution in [0.2, 0.25) is 0 Å². The molecule has 4 rings (SSSR count). The second kappa shape index (κ2) is 9.55. The predicted molar refractivity (Wildman–Crippen MR) is 110 cm³/mol. The molecule has 5 nitrogen and oxygen atoms in total. The number of carbonyl (C=O) groups excluding carboxylic acids is 1. The van der Waals surface area contributed by atoms with Crippen molar-refractivity contribution in [2.45, 2.75) is 32.4 Å². The molecular formula is C23H30FN3O2. The van der Waals surface area contributed by atoms with E-state index in [1.54, 1.807) is 18.4 Å². The molecule has 156 valence electrons. The summed E-state index contributed by atoms with van der Waals surface area (Å²) in [4.78, 5) is 19.8. The summed E-state index contributed by atoms with van der Waals surface area (Å²) in [5.74, 6) is 1.25. The quantitative estimate of drug-likeness (QED) is 0.773. The molecule has 0 unspecified atom stereocenters. The Bertz CT molecular complexity index is 787. The molecule has 2 aliphatic rings. The number of rotatable bonds is 5. The van der Waals surface area contributed by atoms with Gasteiger partial charge in [0.2, 0.25) is 5.91 Å². The lowest BCUT2D eigenvalue weighted by molar-refractivity contribution is -0.137. The van der Waals surface area contributed by atoms with E-state index >= 15 is 0 Å². The van der Waals surface area contributed by atoms with E-state index in [0.29, 0.717) is 5.91 Å². The number of likely N-dealkylation sites (tertiary alicyclic amines) is 1. The summed E-state index contributed by atoms with van der Waals surface area (Å²) in [7, 11) is 0. The van der Waals surface area contributed by atoms with Crippen LogP contribution in [0.3, 0.4) is 0 Å². The molecule has 2 aromatic rings. The van der Waals surface area contributed by atoms with Crippen molar-refractivity contribution in [3.8, 4) is 0 Å². The third-order valence-corrected chi connectivity index (χ3v) is 6.09. The van der Waals surface area contributed by atoms with E-state index in [-0.39, 0.29) is 11.7 Å². The summed E-state index contributed by atoms with van der Waals surface area (Å²) in [5, 5.41) is 0. The number of halogens is 1. The van der Waals surface area contributed by atoms with Crippen LogP contribution in [-0.4, -0.2) is 59.9 Å². The molecule has 0 N–H and O–H groups in total. The van der Waals surface area contributed by atoms with Crippen molar-refractivity contribution < 1.29 is 13.6 Å². The second-order valence-electron chi connectivity index (χ2n) is 8.21. The maximum absolute atomic E-state index is 13.4. The molecule has 2 aliphatic heterocycles. The van der Waals surface area contributed by atoms with Gasteiger partial charge in [0, 0.05) is 38.6 Å². The lowest BCUT2D eigenvalue weighted by atomic mass is 9.95. The highest BCUT2D eigenvalue weighted by atomic mass is 19.1. The molecule has 0 bridgehead atoms. The Labute approximate surface area is 172 Å². The van der Waals surface area contributed by atoms with Crippen molar-refractivity contribution in [2.24, 2.45) is 5.92 Å². The Morgan fingerprint density at radius 2 is 1.79 bits per heavy atom. The number of amides is 1. The number of nitrogens with zero attached hydrogens (tertiary/aromatic N) is 3. The predicted octanol–water partition coefficient (Wildman–Crippen LogP) is 3.37. The lowest BCUT2D eigenvalue weighted by Gasteiger charge is -2.33. The van der Waals surface area contributed by atoms with Gasteiger partial charge < -0.3 is 9.32 Å². The molecule has 1 aromatic heterocycles. The summed E-state index contributed by atoms with van der Waals surface area (Å²) < 4.78 is 18.9. The molecule has 0 aliphatic carbocycles. The molecule has 3 heterocycles. The molecule has 1 aromatic carbocycles. The maximum Gasteiger partial charge on any atom is 0.225 e. The van der Waals surface area contributed by atoms with Crippen molar-refractivity contribution >= 4 is 5.91 Å². The number of benzene rings is 1. The molecule has 0 saturated carbocycles. The Hall–Kier alpha value is -2.18. The van der Waals surface area contributed by atoms with Crippen molar-refractivity contribution in [3.05, 3.63) is 59.8 Å². The maximum atomic E-state index is 13.4. The highest BCUT2D eigenvalue weighted by Crippen LogP contribution is 2.22. The molecular weight excluding hydrogens is 369 g/mol. The number of furan rings is 1. The van der Waals surface area contributed by atoms with Gasteiger partial charge in [-0.1, -0.05) is 12.1 Å². The zero-order valence-electron chi connectivity index (χ0n) is 16.9. The van der Waals surface area contributed by atoms with E-state index < -0.39 is 0 Å².